The van der Waals surface area contributed by atoms with Gasteiger partial charge in [-0.05, 0) is 12.8 Å². The van der Waals surface area contributed by atoms with Crippen LogP contribution >= 0.6 is 0 Å². The number of nitrogens with two attached hydrogens (primary N) is 1. The van der Waals surface area contributed by atoms with E-state index >= 15 is 0 Å². The van der Waals surface area contributed by atoms with Crippen molar-refractivity contribution in [3.05, 3.63) is 17.7 Å². The zero-order valence-corrected chi connectivity index (χ0v) is 7.50. The van der Waals surface area contributed by atoms with Gasteiger partial charge in [-0.1, -0.05) is 6.42 Å². The molecule has 1 aliphatic carbocycles. The number of hydrogen-bond acceptors (Lipinski definition) is 3. The Labute approximate surface area is 80.4 Å². The Morgan fingerprint density at radius 1 is 1.36 bits per heavy atom. The van der Waals surface area contributed by atoms with E-state index in [1.807, 2.05) is 0 Å². The van der Waals surface area contributed by atoms with Crippen molar-refractivity contribution in [3.8, 4) is 0 Å². The standard InChI is InChI=1S/C9H10F2N3/c10-9(11)8-6(12)7(13-4-14-8)5-2-1-3-5/h5,9H,1-3,12H2. The van der Waals surface area contributed by atoms with E-state index in [0.29, 0.717) is 5.69 Å². The second kappa shape index (κ2) is 3.48. The number of hydrogen-bond donors (Lipinski definition) is 1. The molecule has 2 rings (SSSR count). The molecule has 0 amide bonds. The van der Waals surface area contributed by atoms with Crippen LogP contribution in [0.25, 0.3) is 0 Å². The van der Waals surface area contributed by atoms with Crippen LogP contribution in [0.2, 0.25) is 0 Å². The van der Waals surface area contributed by atoms with E-state index in [2.05, 4.69) is 16.3 Å². The molecule has 2 N–H and O–H groups in total. The lowest BCUT2D eigenvalue weighted by molar-refractivity contribution is 0.146. The summed E-state index contributed by atoms with van der Waals surface area (Å²) >= 11 is 0. The highest BCUT2D eigenvalue weighted by molar-refractivity contribution is 5.49. The fourth-order valence-electron chi connectivity index (χ4n) is 1.54. The minimum absolute atomic E-state index is 0.0449. The molecule has 75 valence electrons. The Kier molecular flexibility index (Phi) is 2.31. The third-order valence-electron chi connectivity index (χ3n) is 2.59. The minimum Gasteiger partial charge on any atom is -0.396 e. The zero-order chi connectivity index (χ0) is 10.1. The van der Waals surface area contributed by atoms with Gasteiger partial charge in [-0.15, -0.1) is 0 Å². The predicted molar refractivity (Wildman–Crippen MR) is 46.8 cm³/mol. The van der Waals surface area contributed by atoms with Crippen molar-refractivity contribution in [2.45, 2.75) is 31.6 Å². The van der Waals surface area contributed by atoms with Crippen molar-refractivity contribution in [2.24, 2.45) is 0 Å². The molecule has 3 nitrogen and oxygen atoms in total. The lowest BCUT2D eigenvalue weighted by Crippen LogP contribution is -2.15. The first-order chi connectivity index (χ1) is 6.70. The highest BCUT2D eigenvalue weighted by atomic mass is 19.3. The summed E-state index contributed by atoms with van der Waals surface area (Å²) in [5.41, 5.74) is 5.77. The maximum absolute atomic E-state index is 12.4. The van der Waals surface area contributed by atoms with E-state index in [1.54, 1.807) is 0 Å². The molecule has 1 heterocycles. The van der Waals surface area contributed by atoms with Crippen LogP contribution in [0.1, 0.15) is 43.0 Å². The van der Waals surface area contributed by atoms with Crippen LogP contribution in [-0.4, -0.2) is 9.97 Å². The molecule has 0 saturated heterocycles. The minimum atomic E-state index is -2.65. The topological polar surface area (TPSA) is 51.8 Å². The summed E-state index contributed by atoms with van der Waals surface area (Å²) in [4.78, 5) is 7.22. The van der Waals surface area contributed by atoms with Crippen molar-refractivity contribution >= 4 is 5.69 Å². The summed E-state index contributed by atoms with van der Waals surface area (Å²) in [6, 6.07) is 0. The Morgan fingerprint density at radius 3 is 2.57 bits per heavy atom. The largest absolute Gasteiger partial charge is 0.396 e. The third-order valence-corrected chi connectivity index (χ3v) is 2.59. The van der Waals surface area contributed by atoms with E-state index in [-0.39, 0.29) is 17.3 Å². The van der Waals surface area contributed by atoms with Crippen LogP contribution < -0.4 is 5.73 Å². The van der Waals surface area contributed by atoms with Gasteiger partial charge in [0.15, 0.2) is 6.33 Å². The smallest absolute Gasteiger partial charge is 0.282 e. The second-order valence-electron chi connectivity index (χ2n) is 3.44. The molecule has 0 bridgehead atoms. The van der Waals surface area contributed by atoms with E-state index in [9.17, 15) is 8.78 Å². The molecule has 0 unspecified atom stereocenters. The monoisotopic (exact) mass is 198 g/mol. The zero-order valence-electron chi connectivity index (χ0n) is 7.50. The van der Waals surface area contributed by atoms with Crippen molar-refractivity contribution in [1.82, 2.24) is 9.97 Å². The number of rotatable bonds is 2. The summed E-state index contributed by atoms with van der Waals surface area (Å²) in [5, 5.41) is 0. The molecule has 1 fully saturated rings. The van der Waals surface area contributed by atoms with Gasteiger partial charge in [-0.25, -0.2) is 18.7 Å². The quantitative estimate of drug-likeness (QED) is 0.791. The third kappa shape index (κ3) is 1.42. The molecule has 0 aliphatic heterocycles. The number of aromatic nitrogens is 2. The molecule has 0 atom stereocenters. The van der Waals surface area contributed by atoms with E-state index in [4.69, 9.17) is 5.73 Å². The highest BCUT2D eigenvalue weighted by Crippen LogP contribution is 2.39. The van der Waals surface area contributed by atoms with Gasteiger partial charge in [0, 0.05) is 5.92 Å². The number of anilines is 1. The summed E-state index contributed by atoms with van der Waals surface area (Å²) in [6.07, 6.45) is 2.64. The van der Waals surface area contributed by atoms with Gasteiger partial charge in [0.2, 0.25) is 0 Å². The molecule has 1 saturated carbocycles. The molecule has 5 heteroatoms. The molecule has 1 radical (unpaired) electrons. The van der Waals surface area contributed by atoms with Crippen LogP contribution in [-0.2, 0) is 0 Å². The number of halogens is 2. The normalized spacial score (nSPS) is 17.1. The Balaban J connectivity index is 2.35. The summed E-state index contributed by atoms with van der Waals surface area (Å²) < 4.78 is 24.8. The second-order valence-corrected chi connectivity index (χ2v) is 3.44. The van der Waals surface area contributed by atoms with E-state index in [1.165, 1.54) is 0 Å². The average Bonchev–Trinajstić information content (AvgIpc) is 2.04. The Morgan fingerprint density at radius 2 is 2.07 bits per heavy atom. The molecule has 0 spiro atoms. The molecule has 1 aliphatic rings. The molecule has 14 heavy (non-hydrogen) atoms. The first kappa shape index (κ1) is 9.30. The number of nitrogen functional groups attached to an aromatic ring is 1. The Hall–Kier alpha value is -1.26. The predicted octanol–water partition coefficient (Wildman–Crippen LogP) is 2.06. The van der Waals surface area contributed by atoms with Gasteiger partial charge in [0.1, 0.15) is 5.69 Å². The van der Waals surface area contributed by atoms with Crippen LogP contribution in [0.4, 0.5) is 14.5 Å². The molecular formula is C9H10F2N3. The maximum atomic E-state index is 12.4. The lowest BCUT2D eigenvalue weighted by atomic mass is 9.82. The van der Waals surface area contributed by atoms with Crippen molar-refractivity contribution < 1.29 is 8.78 Å². The van der Waals surface area contributed by atoms with E-state index in [0.717, 1.165) is 19.3 Å². The van der Waals surface area contributed by atoms with Gasteiger partial charge in [0.05, 0.1) is 11.4 Å². The lowest BCUT2D eigenvalue weighted by Gasteiger charge is -2.25. The van der Waals surface area contributed by atoms with Gasteiger partial charge >= 0.3 is 0 Å². The molecule has 1 aromatic rings. The fourth-order valence-corrected chi connectivity index (χ4v) is 1.54. The van der Waals surface area contributed by atoms with Crippen molar-refractivity contribution in [3.63, 3.8) is 0 Å². The first-order valence-corrected chi connectivity index (χ1v) is 4.51. The summed E-state index contributed by atoms with van der Waals surface area (Å²) in [7, 11) is 0. The van der Waals surface area contributed by atoms with Crippen LogP contribution in [0, 0.1) is 6.33 Å². The van der Waals surface area contributed by atoms with Crippen LogP contribution in [0.5, 0.6) is 0 Å². The number of nitrogens with zero attached hydrogens (tertiary/aromatic N) is 2. The van der Waals surface area contributed by atoms with Crippen LogP contribution in [0.3, 0.4) is 0 Å². The summed E-state index contributed by atoms with van der Waals surface area (Å²) in [6.45, 7) is 0. The van der Waals surface area contributed by atoms with E-state index < -0.39 is 6.43 Å². The van der Waals surface area contributed by atoms with Gasteiger partial charge in [-0.3, -0.25) is 0 Å². The maximum Gasteiger partial charge on any atom is 0.282 e. The van der Waals surface area contributed by atoms with Crippen molar-refractivity contribution in [2.75, 3.05) is 5.73 Å². The van der Waals surface area contributed by atoms with Crippen LogP contribution in [0.15, 0.2) is 0 Å². The molecule has 1 aromatic heterocycles. The molecular weight excluding hydrogens is 188 g/mol. The fraction of sp³-hybridized carbons (Fsp3) is 0.556. The first-order valence-electron chi connectivity index (χ1n) is 4.51. The van der Waals surface area contributed by atoms with Gasteiger partial charge in [-0.2, -0.15) is 0 Å². The SMILES string of the molecule is Nc1c(C(F)F)n[c]nc1C1CCC1. The summed E-state index contributed by atoms with van der Waals surface area (Å²) in [5.74, 6) is 0.228. The number of alkyl halides is 2. The Bertz CT molecular complexity index is 337. The average molecular weight is 198 g/mol. The van der Waals surface area contributed by atoms with Gasteiger partial charge < -0.3 is 5.73 Å². The highest BCUT2D eigenvalue weighted by Gasteiger charge is 2.26. The van der Waals surface area contributed by atoms with Crippen molar-refractivity contribution in [1.29, 1.82) is 0 Å². The molecule has 0 aromatic carbocycles. The van der Waals surface area contributed by atoms with Gasteiger partial charge in [0.25, 0.3) is 6.43 Å².